The predicted molar refractivity (Wildman–Crippen MR) is 119 cm³/mol. The van der Waals surface area contributed by atoms with Crippen molar-refractivity contribution in [2.45, 2.75) is 32.5 Å². The molecule has 1 saturated heterocycles. The zero-order valence-electron chi connectivity index (χ0n) is 16.5. The van der Waals surface area contributed by atoms with Gasteiger partial charge in [0, 0.05) is 19.1 Å². The van der Waals surface area contributed by atoms with Gasteiger partial charge in [-0.2, -0.15) is 5.26 Å². The van der Waals surface area contributed by atoms with E-state index in [1.807, 2.05) is 18.7 Å². The second-order valence-electron chi connectivity index (χ2n) is 7.19. The van der Waals surface area contributed by atoms with Gasteiger partial charge in [0.1, 0.15) is 29.9 Å². The van der Waals surface area contributed by atoms with Gasteiger partial charge in [-0.15, -0.1) is 0 Å². The van der Waals surface area contributed by atoms with Gasteiger partial charge in [0.25, 0.3) is 0 Å². The van der Waals surface area contributed by atoms with Gasteiger partial charge in [-0.1, -0.05) is 12.1 Å². The third-order valence-corrected chi connectivity index (χ3v) is 6.33. The van der Waals surface area contributed by atoms with E-state index in [0.29, 0.717) is 39.0 Å². The Kier molecular flexibility index (Phi) is 7.32. The molecular weight excluding hydrogens is 517 g/mol. The third kappa shape index (κ3) is 4.93. The lowest BCUT2D eigenvalue weighted by molar-refractivity contribution is 0.0280. The SMILES string of the molecule is C[C@@H]1CN(COc2c(Br)cc(C#N)cc2Br)[C@@H](C)C(=C=O)N1Cc1ccc(F)cc1. The summed E-state index contributed by atoms with van der Waals surface area (Å²) in [5, 5.41) is 9.07. The molecule has 156 valence electrons. The van der Waals surface area contributed by atoms with Gasteiger partial charge < -0.3 is 9.64 Å². The van der Waals surface area contributed by atoms with Crippen LogP contribution in [0.4, 0.5) is 4.39 Å². The molecular formula is C22H20Br2FN3O2. The maximum absolute atomic E-state index is 13.2. The fourth-order valence-electron chi connectivity index (χ4n) is 3.49. The van der Waals surface area contributed by atoms with E-state index in [-0.39, 0.29) is 24.6 Å². The van der Waals surface area contributed by atoms with E-state index in [2.05, 4.69) is 48.8 Å². The van der Waals surface area contributed by atoms with Crippen molar-refractivity contribution >= 4 is 37.8 Å². The number of halogens is 3. The summed E-state index contributed by atoms with van der Waals surface area (Å²) in [7, 11) is 0. The first-order chi connectivity index (χ1) is 14.3. The quantitative estimate of drug-likeness (QED) is 0.510. The van der Waals surface area contributed by atoms with E-state index in [4.69, 9.17) is 10.00 Å². The first-order valence-electron chi connectivity index (χ1n) is 9.36. The number of rotatable bonds is 5. The van der Waals surface area contributed by atoms with Crippen LogP contribution in [0.2, 0.25) is 0 Å². The Hall–Kier alpha value is -2.17. The second kappa shape index (κ2) is 9.76. The fraction of sp³-hybridized carbons (Fsp3) is 0.318. The van der Waals surface area contributed by atoms with Crippen molar-refractivity contribution < 1.29 is 13.9 Å². The molecule has 0 bridgehead atoms. The lowest BCUT2D eigenvalue weighted by atomic mass is 10.0. The maximum atomic E-state index is 13.2. The molecule has 1 heterocycles. The number of benzene rings is 2. The van der Waals surface area contributed by atoms with Crippen LogP contribution < -0.4 is 4.74 Å². The number of carbonyl (C=O) groups excluding carboxylic acids is 1. The first-order valence-corrected chi connectivity index (χ1v) is 10.9. The van der Waals surface area contributed by atoms with E-state index in [0.717, 1.165) is 5.56 Å². The summed E-state index contributed by atoms with van der Waals surface area (Å²) < 4.78 is 20.6. The highest BCUT2D eigenvalue weighted by Crippen LogP contribution is 2.35. The van der Waals surface area contributed by atoms with Gasteiger partial charge in [0.05, 0.1) is 26.6 Å². The molecule has 1 aliphatic rings. The molecule has 1 aliphatic heterocycles. The number of ether oxygens (including phenoxy) is 1. The number of hydrogen-bond donors (Lipinski definition) is 0. The minimum Gasteiger partial charge on any atom is -0.476 e. The molecule has 0 amide bonds. The summed E-state index contributed by atoms with van der Waals surface area (Å²) >= 11 is 6.88. The van der Waals surface area contributed by atoms with Gasteiger partial charge in [-0.05, 0) is 75.5 Å². The predicted octanol–water partition coefficient (Wildman–Crippen LogP) is 4.87. The summed E-state index contributed by atoms with van der Waals surface area (Å²) in [5.41, 5.74) is 1.99. The molecule has 0 radical (unpaired) electrons. The molecule has 0 N–H and O–H groups in total. The van der Waals surface area contributed by atoms with E-state index in [1.54, 1.807) is 24.3 Å². The topological polar surface area (TPSA) is 56.6 Å². The Balaban J connectivity index is 1.73. The van der Waals surface area contributed by atoms with Crippen LogP contribution >= 0.6 is 31.9 Å². The molecule has 3 rings (SSSR count). The summed E-state index contributed by atoms with van der Waals surface area (Å²) in [6.07, 6.45) is 0. The van der Waals surface area contributed by atoms with Gasteiger partial charge in [-0.3, -0.25) is 4.90 Å². The van der Waals surface area contributed by atoms with Crippen LogP contribution in [0.25, 0.3) is 0 Å². The van der Waals surface area contributed by atoms with Crippen LogP contribution in [0.5, 0.6) is 5.75 Å². The summed E-state index contributed by atoms with van der Waals surface area (Å²) in [6.45, 7) is 5.43. The van der Waals surface area contributed by atoms with Crippen molar-refractivity contribution in [1.29, 1.82) is 5.26 Å². The third-order valence-electron chi connectivity index (χ3n) is 5.16. The van der Waals surface area contributed by atoms with E-state index >= 15 is 0 Å². The number of hydrogen-bond acceptors (Lipinski definition) is 5. The minimum absolute atomic E-state index is 0.0409. The highest BCUT2D eigenvalue weighted by atomic mass is 79.9. The number of nitriles is 1. The lowest BCUT2D eigenvalue weighted by Crippen LogP contribution is -2.55. The minimum atomic E-state index is -0.284. The van der Waals surface area contributed by atoms with Crippen molar-refractivity contribution in [2.24, 2.45) is 0 Å². The van der Waals surface area contributed by atoms with Crippen molar-refractivity contribution in [1.82, 2.24) is 9.80 Å². The van der Waals surface area contributed by atoms with Crippen molar-refractivity contribution in [3.8, 4) is 11.8 Å². The van der Waals surface area contributed by atoms with Crippen LogP contribution in [0, 0.1) is 17.1 Å². The zero-order valence-corrected chi connectivity index (χ0v) is 19.7. The van der Waals surface area contributed by atoms with Crippen LogP contribution in [-0.2, 0) is 11.3 Å². The molecule has 0 unspecified atom stereocenters. The summed E-state index contributed by atoms with van der Waals surface area (Å²) in [5.74, 6) is 2.41. The molecule has 0 aliphatic carbocycles. The Bertz CT molecular complexity index is 993. The molecule has 2 aromatic carbocycles. The molecule has 5 nitrogen and oxygen atoms in total. The van der Waals surface area contributed by atoms with Gasteiger partial charge >= 0.3 is 0 Å². The monoisotopic (exact) mass is 535 g/mol. The molecule has 2 aromatic rings. The van der Waals surface area contributed by atoms with Crippen LogP contribution in [0.3, 0.4) is 0 Å². The van der Waals surface area contributed by atoms with Crippen molar-refractivity contribution in [3.63, 3.8) is 0 Å². The maximum Gasteiger partial charge on any atom is 0.149 e. The Labute approximate surface area is 192 Å². The fourth-order valence-corrected chi connectivity index (χ4v) is 4.91. The second-order valence-corrected chi connectivity index (χ2v) is 8.90. The van der Waals surface area contributed by atoms with Gasteiger partial charge in [0.2, 0.25) is 0 Å². The Morgan fingerprint density at radius 2 is 1.83 bits per heavy atom. The molecule has 1 fully saturated rings. The van der Waals surface area contributed by atoms with Crippen LogP contribution in [-0.4, -0.2) is 41.1 Å². The van der Waals surface area contributed by atoms with Crippen molar-refractivity contribution in [2.75, 3.05) is 13.3 Å². The smallest absolute Gasteiger partial charge is 0.149 e. The molecule has 0 aromatic heterocycles. The molecule has 0 saturated carbocycles. The Morgan fingerprint density at radius 1 is 1.20 bits per heavy atom. The molecule has 2 atom stereocenters. The summed E-state index contributed by atoms with van der Waals surface area (Å²) in [4.78, 5) is 15.9. The lowest BCUT2D eigenvalue weighted by Gasteiger charge is -2.45. The normalized spacial score (nSPS) is 19.3. The molecule has 30 heavy (non-hydrogen) atoms. The number of nitrogens with zero attached hydrogens (tertiary/aromatic N) is 3. The molecule has 0 spiro atoms. The highest BCUT2D eigenvalue weighted by molar-refractivity contribution is 9.11. The standard InChI is InChI=1S/C22H20Br2FN3O2/c1-14-10-27(13-30-22-19(23)7-17(9-26)8-20(22)24)15(2)21(12-29)28(14)11-16-3-5-18(25)6-4-16/h3-8,14-15H,10-11,13H2,1-2H3/t14-,15+/m1/s1. The molecule has 8 heteroatoms. The average Bonchev–Trinajstić information content (AvgIpc) is 2.72. The van der Waals surface area contributed by atoms with Gasteiger partial charge in [0.15, 0.2) is 0 Å². The zero-order chi connectivity index (χ0) is 21.8. The van der Waals surface area contributed by atoms with Gasteiger partial charge in [-0.25, -0.2) is 9.18 Å². The van der Waals surface area contributed by atoms with Crippen molar-refractivity contribution in [3.05, 3.63) is 68.0 Å². The average molecular weight is 537 g/mol. The first kappa shape index (κ1) is 22.5. The largest absolute Gasteiger partial charge is 0.476 e. The Morgan fingerprint density at radius 3 is 2.40 bits per heavy atom. The van der Waals surface area contributed by atoms with Crippen LogP contribution in [0.1, 0.15) is 25.0 Å². The summed E-state index contributed by atoms with van der Waals surface area (Å²) in [6, 6.07) is 11.6. The van der Waals surface area contributed by atoms with E-state index in [9.17, 15) is 9.18 Å². The number of piperazine rings is 1. The van der Waals surface area contributed by atoms with E-state index < -0.39 is 0 Å². The van der Waals surface area contributed by atoms with E-state index in [1.165, 1.54) is 12.1 Å². The van der Waals surface area contributed by atoms with Crippen LogP contribution in [0.15, 0.2) is 51.0 Å². The highest BCUT2D eigenvalue weighted by Gasteiger charge is 2.34.